The SMILES string of the molecule is Cc1csnc1C1=CCC[N+](C)(C(OC(=O)C2CCOCC2)C(C)C)C1. The van der Waals surface area contributed by atoms with Gasteiger partial charge in [0.15, 0.2) is 0 Å². The van der Waals surface area contributed by atoms with E-state index in [4.69, 9.17) is 9.47 Å². The fraction of sp³-hybridized carbons (Fsp3) is 0.700. The number of esters is 1. The maximum Gasteiger partial charge on any atom is 0.313 e. The summed E-state index contributed by atoms with van der Waals surface area (Å²) >= 11 is 1.51. The first-order valence-electron chi connectivity index (χ1n) is 9.63. The monoisotopic (exact) mass is 379 g/mol. The highest BCUT2D eigenvalue weighted by atomic mass is 32.1. The lowest BCUT2D eigenvalue weighted by molar-refractivity contribution is -0.950. The molecule has 0 spiro atoms. The van der Waals surface area contributed by atoms with Crippen molar-refractivity contribution in [2.24, 2.45) is 11.8 Å². The zero-order valence-corrected chi connectivity index (χ0v) is 17.2. The standard InChI is InChI=1S/C20H31N2O3S/c1-14(2)19(25-20(23)16-7-10-24-11-8-16)22(4)9-5-6-17(12-22)18-15(3)13-26-21-18/h6,13-14,16,19H,5,7-12H2,1-4H3/q+1. The van der Waals surface area contributed by atoms with E-state index in [2.05, 4.69) is 43.6 Å². The van der Waals surface area contributed by atoms with Crippen LogP contribution in [0, 0.1) is 18.8 Å². The van der Waals surface area contributed by atoms with E-state index < -0.39 is 0 Å². The molecule has 3 rings (SSSR count). The molecule has 0 aromatic carbocycles. The molecular formula is C20H31N2O3S+. The van der Waals surface area contributed by atoms with Gasteiger partial charge in [0.05, 0.1) is 25.2 Å². The predicted molar refractivity (Wildman–Crippen MR) is 104 cm³/mol. The lowest BCUT2D eigenvalue weighted by atomic mass is 9.98. The normalized spacial score (nSPS) is 25.8. The molecule has 1 aromatic heterocycles. The van der Waals surface area contributed by atoms with Gasteiger partial charge in [0.1, 0.15) is 6.54 Å². The Bertz CT molecular complexity index is 664. The first kappa shape index (κ1) is 19.5. The first-order valence-corrected chi connectivity index (χ1v) is 10.5. The summed E-state index contributed by atoms with van der Waals surface area (Å²) in [5.74, 6) is 0.198. The van der Waals surface area contributed by atoms with Crippen molar-refractivity contribution in [1.82, 2.24) is 4.37 Å². The summed E-state index contributed by atoms with van der Waals surface area (Å²) in [7, 11) is 2.22. The van der Waals surface area contributed by atoms with E-state index in [1.165, 1.54) is 22.7 Å². The molecule has 0 amide bonds. The van der Waals surface area contributed by atoms with Crippen molar-refractivity contribution in [2.75, 3.05) is 33.4 Å². The maximum absolute atomic E-state index is 12.7. The molecule has 0 saturated carbocycles. The van der Waals surface area contributed by atoms with Crippen LogP contribution in [0.25, 0.3) is 5.57 Å². The van der Waals surface area contributed by atoms with Gasteiger partial charge in [-0.1, -0.05) is 19.9 Å². The fourth-order valence-electron chi connectivity index (χ4n) is 4.18. The molecule has 1 fully saturated rings. The number of nitrogens with zero attached hydrogens (tertiary/aromatic N) is 2. The van der Waals surface area contributed by atoms with Gasteiger partial charge in [-0.2, -0.15) is 4.37 Å². The van der Waals surface area contributed by atoms with Crippen molar-refractivity contribution in [3.63, 3.8) is 0 Å². The first-order chi connectivity index (χ1) is 12.4. The van der Waals surface area contributed by atoms with Gasteiger partial charge < -0.3 is 9.47 Å². The Hall–Kier alpha value is -1.24. The smallest absolute Gasteiger partial charge is 0.313 e. The third-order valence-corrected chi connectivity index (χ3v) is 6.34. The molecule has 0 N–H and O–H groups in total. The third kappa shape index (κ3) is 4.18. The number of rotatable bonds is 5. The Labute approximate surface area is 160 Å². The predicted octanol–water partition coefficient (Wildman–Crippen LogP) is 3.64. The van der Waals surface area contributed by atoms with Gasteiger partial charge in [-0.25, -0.2) is 0 Å². The average molecular weight is 380 g/mol. The van der Waals surface area contributed by atoms with Gasteiger partial charge in [0.2, 0.25) is 6.23 Å². The van der Waals surface area contributed by atoms with Crippen molar-refractivity contribution < 1.29 is 18.8 Å². The molecule has 6 heteroatoms. The molecule has 26 heavy (non-hydrogen) atoms. The highest BCUT2D eigenvalue weighted by Gasteiger charge is 2.41. The molecule has 2 unspecified atom stereocenters. The molecule has 0 aliphatic carbocycles. The van der Waals surface area contributed by atoms with Crippen LogP contribution in [0.5, 0.6) is 0 Å². The molecule has 2 aliphatic rings. The number of hydrogen-bond donors (Lipinski definition) is 0. The van der Waals surface area contributed by atoms with Crippen LogP contribution in [0.1, 0.15) is 44.4 Å². The van der Waals surface area contributed by atoms with Crippen LogP contribution in [-0.4, -0.2) is 54.4 Å². The van der Waals surface area contributed by atoms with E-state index in [-0.39, 0.29) is 24.0 Å². The summed E-state index contributed by atoms with van der Waals surface area (Å²) in [6.07, 6.45) is 4.71. The molecule has 0 radical (unpaired) electrons. The number of aromatic nitrogens is 1. The highest BCUT2D eigenvalue weighted by molar-refractivity contribution is 7.03. The number of quaternary nitrogens is 1. The minimum Gasteiger partial charge on any atom is -0.412 e. The number of hydrogen-bond acceptors (Lipinski definition) is 5. The van der Waals surface area contributed by atoms with E-state index in [9.17, 15) is 4.79 Å². The largest absolute Gasteiger partial charge is 0.412 e. The molecule has 144 valence electrons. The summed E-state index contributed by atoms with van der Waals surface area (Å²) in [4.78, 5) is 12.7. The van der Waals surface area contributed by atoms with E-state index >= 15 is 0 Å². The minimum absolute atomic E-state index is 0.0165. The third-order valence-electron chi connectivity index (χ3n) is 5.59. The van der Waals surface area contributed by atoms with Gasteiger partial charge in [0.25, 0.3) is 0 Å². The number of carbonyl (C=O) groups is 1. The Morgan fingerprint density at radius 2 is 2.12 bits per heavy atom. The van der Waals surface area contributed by atoms with Crippen LogP contribution in [0.3, 0.4) is 0 Å². The molecule has 5 nitrogen and oxygen atoms in total. The number of carbonyl (C=O) groups excluding carboxylic acids is 1. The number of ether oxygens (including phenoxy) is 2. The van der Waals surface area contributed by atoms with Crippen LogP contribution < -0.4 is 0 Å². The molecule has 2 aliphatic heterocycles. The molecule has 2 atom stereocenters. The van der Waals surface area contributed by atoms with Gasteiger partial charge >= 0.3 is 5.97 Å². The van der Waals surface area contributed by atoms with E-state index in [0.29, 0.717) is 13.2 Å². The second-order valence-electron chi connectivity index (χ2n) is 8.18. The summed E-state index contributed by atoms with van der Waals surface area (Å²) in [5.41, 5.74) is 3.62. The molecule has 0 bridgehead atoms. The summed E-state index contributed by atoms with van der Waals surface area (Å²) in [6, 6.07) is 0. The highest BCUT2D eigenvalue weighted by Crippen LogP contribution is 2.32. The van der Waals surface area contributed by atoms with Crippen LogP contribution in [-0.2, 0) is 14.3 Å². The topological polar surface area (TPSA) is 48.4 Å². The Morgan fingerprint density at radius 1 is 1.38 bits per heavy atom. The summed E-state index contributed by atoms with van der Waals surface area (Å²) in [5, 5.41) is 2.10. The Balaban J connectivity index is 1.75. The van der Waals surface area contributed by atoms with Crippen molar-refractivity contribution in [1.29, 1.82) is 0 Å². The number of likely N-dealkylation sites (N-methyl/N-ethyl adjacent to an activating group) is 1. The molecule has 1 saturated heterocycles. The van der Waals surface area contributed by atoms with Crippen molar-refractivity contribution in [3.05, 3.63) is 22.7 Å². The molecule has 3 heterocycles. The van der Waals surface area contributed by atoms with Gasteiger partial charge in [-0.15, -0.1) is 0 Å². The Morgan fingerprint density at radius 3 is 2.73 bits per heavy atom. The van der Waals surface area contributed by atoms with Gasteiger partial charge in [-0.3, -0.25) is 9.28 Å². The van der Waals surface area contributed by atoms with Crippen LogP contribution in [0.2, 0.25) is 0 Å². The van der Waals surface area contributed by atoms with Crippen LogP contribution in [0.4, 0.5) is 0 Å². The van der Waals surface area contributed by atoms with E-state index in [1.807, 2.05) is 0 Å². The van der Waals surface area contributed by atoms with E-state index in [1.54, 1.807) is 0 Å². The van der Waals surface area contributed by atoms with Crippen LogP contribution >= 0.6 is 11.5 Å². The van der Waals surface area contributed by atoms with E-state index in [0.717, 1.165) is 42.5 Å². The molecule has 1 aromatic rings. The fourth-order valence-corrected chi connectivity index (χ4v) is 4.87. The van der Waals surface area contributed by atoms with Crippen molar-refractivity contribution >= 4 is 23.1 Å². The van der Waals surface area contributed by atoms with Crippen molar-refractivity contribution in [2.45, 2.75) is 46.3 Å². The lowest BCUT2D eigenvalue weighted by Crippen LogP contribution is -2.59. The average Bonchev–Trinajstić information content (AvgIpc) is 3.06. The maximum atomic E-state index is 12.7. The second-order valence-corrected chi connectivity index (χ2v) is 8.81. The van der Waals surface area contributed by atoms with Crippen molar-refractivity contribution in [3.8, 4) is 0 Å². The zero-order valence-electron chi connectivity index (χ0n) is 16.4. The quantitative estimate of drug-likeness (QED) is 0.579. The molecular weight excluding hydrogens is 348 g/mol. The van der Waals surface area contributed by atoms with Gasteiger partial charge in [-0.05, 0) is 36.9 Å². The zero-order chi connectivity index (χ0) is 18.7. The second kappa shape index (κ2) is 8.19. The summed E-state index contributed by atoms with van der Waals surface area (Å²) < 4.78 is 16.8. The summed E-state index contributed by atoms with van der Waals surface area (Å²) in [6.45, 7) is 9.58. The minimum atomic E-state index is -0.131. The number of aryl methyl sites for hydroxylation is 1. The lowest BCUT2D eigenvalue weighted by Gasteiger charge is -2.44. The Kier molecular flexibility index (Phi) is 6.15. The van der Waals surface area contributed by atoms with Crippen LogP contribution in [0.15, 0.2) is 11.5 Å². The van der Waals surface area contributed by atoms with Gasteiger partial charge in [0, 0.05) is 36.5 Å².